The highest BCUT2D eigenvalue weighted by molar-refractivity contribution is 5.94. The molecule has 0 amide bonds. The maximum absolute atomic E-state index is 13.2. The molecule has 5 aromatic rings. The summed E-state index contributed by atoms with van der Waals surface area (Å²) in [5.41, 5.74) is 1.03. The largest absolute Gasteiger partial charge is 0.497 e. The number of hydrogen-bond donors (Lipinski definition) is 2. The number of methoxy groups -OCH3 is 1. The van der Waals surface area contributed by atoms with E-state index < -0.39 is 5.97 Å². The van der Waals surface area contributed by atoms with Crippen LogP contribution in [0.3, 0.4) is 0 Å². The first-order chi connectivity index (χ1) is 17.9. The minimum atomic E-state index is -1.15. The van der Waals surface area contributed by atoms with E-state index in [9.17, 15) is 14.7 Å². The molecule has 186 valence electrons. The Kier molecular flexibility index (Phi) is 6.25. The van der Waals surface area contributed by atoms with E-state index in [1.54, 1.807) is 55.9 Å². The van der Waals surface area contributed by atoms with E-state index in [0.717, 1.165) is 11.3 Å². The van der Waals surface area contributed by atoms with Crippen molar-refractivity contribution in [3.63, 3.8) is 0 Å². The second-order valence-corrected chi connectivity index (χ2v) is 8.21. The fourth-order valence-electron chi connectivity index (χ4n) is 3.92. The van der Waals surface area contributed by atoms with Gasteiger partial charge in [0.1, 0.15) is 34.5 Å². The van der Waals surface area contributed by atoms with Gasteiger partial charge in [0.05, 0.1) is 13.3 Å². The number of aromatic carboxylic acids is 1. The Balaban J connectivity index is 1.55. The van der Waals surface area contributed by atoms with Crippen molar-refractivity contribution in [2.75, 3.05) is 24.4 Å². The van der Waals surface area contributed by atoms with Gasteiger partial charge in [-0.15, -0.1) is 0 Å². The zero-order valence-corrected chi connectivity index (χ0v) is 20.1. The number of nitrogens with one attached hydrogen (secondary N) is 1. The van der Waals surface area contributed by atoms with E-state index >= 15 is 0 Å². The molecule has 0 bridgehead atoms. The SMILES string of the molecule is COc1ccc(CN(C)c2cc(Nc3cccn(-c4ccccn4)c3=O)nc3c(C(=O)O)cnn23)cc1. The van der Waals surface area contributed by atoms with E-state index in [-0.39, 0.29) is 22.5 Å². The molecule has 0 saturated heterocycles. The molecule has 4 aromatic heterocycles. The van der Waals surface area contributed by atoms with Crippen LogP contribution in [0.4, 0.5) is 17.3 Å². The second-order valence-electron chi connectivity index (χ2n) is 8.21. The summed E-state index contributed by atoms with van der Waals surface area (Å²) in [5, 5.41) is 17.0. The Morgan fingerprint density at radius 2 is 1.95 bits per heavy atom. The number of fused-ring (bicyclic) bond motifs is 1. The van der Waals surface area contributed by atoms with E-state index in [1.807, 2.05) is 36.2 Å². The highest BCUT2D eigenvalue weighted by Crippen LogP contribution is 2.25. The molecule has 0 saturated carbocycles. The molecule has 0 spiro atoms. The van der Waals surface area contributed by atoms with Gasteiger partial charge in [0, 0.05) is 32.1 Å². The van der Waals surface area contributed by atoms with Crippen LogP contribution in [0.25, 0.3) is 11.5 Å². The molecule has 4 heterocycles. The predicted octanol–water partition coefficient (Wildman–Crippen LogP) is 3.36. The summed E-state index contributed by atoms with van der Waals surface area (Å²) in [6.07, 6.45) is 4.49. The van der Waals surface area contributed by atoms with Gasteiger partial charge in [0.25, 0.3) is 5.56 Å². The fraction of sp³-hybridized carbons (Fsp3) is 0.115. The average molecular weight is 498 g/mol. The molecule has 0 radical (unpaired) electrons. The van der Waals surface area contributed by atoms with Gasteiger partial charge in [-0.1, -0.05) is 18.2 Å². The first kappa shape index (κ1) is 23.5. The summed E-state index contributed by atoms with van der Waals surface area (Å²) < 4.78 is 8.11. The monoisotopic (exact) mass is 497 g/mol. The van der Waals surface area contributed by atoms with Crippen molar-refractivity contribution >= 4 is 28.9 Å². The van der Waals surface area contributed by atoms with E-state index in [2.05, 4.69) is 20.4 Å². The number of pyridine rings is 2. The van der Waals surface area contributed by atoms with Crippen LogP contribution < -0.4 is 20.5 Å². The van der Waals surface area contributed by atoms with Crippen molar-refractivity contribution in [1.29, 1.82) is 0 Å². The average Bonchev–Trinajstić information content (AvgIpc) is 3.35. The van der Waals surface area contributed by atoms with E-state index in [1.165, 1.54) is 15.3 Å². The number of carbonyl (C=O) groups is 1. The Morgan fingerprint density at radius 3 is 2.65 bits per heavy atom. The van der Waals surface area contributed by atoms with Gasteiger partial charge in [-0.3, -0.25) is 9.36 Å². The molecule has 5 rings (SSSR count). The molecule has 0 aliphatic carbocycles. The summed E-state index contributed by atoms with van der Waals surface area (Å²) >= 11 is 0. The fourth-order valence-corrected chi connectivity index (χ4v) is 3.92. The number of aromatic nitrogens is 5. The first-order valence-electron chi connectivity index (χ1n) is 11.3. The Bertz CT molecular complexity index is 1630. The number of carboxylic acid groups (broad SMARTS) is 1. The van der Waals surface area contributed by atoms with Gasteiger partial charge in [0.15, 0.2) is 5.65 Å². The van der Waals surface area contributed by atoms with Crippen molar-refractivity contribution in [2.45, 2.75) is 6.54 Å². The maximum atomic E-state index is 13.2. The lowest BCUT2D eigenvalue weighted by Gasteiger charge is -2.21. The van der Waals surface area contributed by atoms with Gasteiger partial charge in [-0.05, 0) is 42.0 Å². The number of anilines is 3. The number of nitrogens with zero attached hydrogens (tertiary/aromatic N) is 6. The Labute approximate surface area is 211 Å². The van der Waals surface area contributed by atoms with Gasteiger partial charge in [-0.2, -0.15) is 9.61 Å². The van der Waals surface area contributed by atoms with Crippen LogP contribution in [-0.2, 0) is 6.54 Å². The van der Waals surface area contributed by atoms with Gasteiger partial charge in [-0.25, -0.2) is 14.8 Å². The lowest BCUT2D eigenvalue weighted by molar-refractivity contribution is 0.0698. The summed E-state index contributed by atoms with van der Waals surface area (Å²) in [6.45, 7) is 0.503. The topological polar surface area (TPSA) is 127 Å². The molecule has 0 aliphatic heterocycles. The molecule has 1 aromatic carbocycles. The molecule has 0 aliphatic rings. The number of benzene rings is 1. The highest BCUT2D eigenvalue weighted by atomic mass is 16.5. The quantitative estimate of drug-likeness (QED) is 0.332. The van der Waals surface area contributed by atoms with Crippen molar-refractivity contribution in [3.8, 4) is 11.6 Å². The molecule has 0 atom stereocenters. The van der Waals surface area contributed by atoms with Crippen LogP contribution >= 0.6 is 0 Å². The standard InChI is InChI=1S/C26H23N7O4/c1-31(16-17-8-10-18(37-2)11-9-17)23-14-21(30-24-19(26(35)36)15-28-33(23)24)29-20-6-5-13-32(25(20)34)22-7-3-4-12-27-22/h3-15H,16H2,1-2H3,(H,29,30)(H,35,36). The number of carboxylic acids is 1. The summed E-state index contributed by atoms with van der Waals surface area (Å²) in [6, 6.07) is 18.0. The van der Waals surface area contributed by atoms with Crippen LogP contribution in [0.2, 0.25) is 0 Å². The van der Waals surface area contributed by atoms with Crippen LogP contribution in [-0.4, -0.2) is 49.4 Å². The van der Waals surface area contributed by atoms with E-state index in [0.29, 0.717) is 24.0 Å². The summed E-state index contributed by atoms with van der Waals surface area (Å²) in [4.78, 5) is 35.6. The zero-order valence-electron chi connectivity index (χ0n) is 20.1. The van der Waals surface area contributed by atoms with E-state index in [4.69, 9.17) is 4.74 Å². The normalized spacial score (nSPS) is 10.9. The van der Waals surface area contributed by atoms with Gasteiger partial charge in [0.2, 0.25) is 0 Å². The van der Waals surface area contributed by atoms with Crippen molar-refractivity contribution in [3.05, 3.63) is 101 Å². The third kappa shape index (κ3) is 4.69. The maximum Gasteiger partial charge on any atom is 0.341 e. The summed E-state index contributed by atoms with van der Waals surface area (Å²) in [7, 11) is 3.47. The third-order valence-electron chi connectivity index (χ3n) is 5.76. The molecule has 11 heteroatoms. The molecule has 0 unspecified atom stereocenters. The lowest BCUT2D eigenvalue weighted by Crippen LogP contribution is -2.22. The van der Waals surface area contributed by atoms with Crippen molar-refractivity contribution in [1.82, 2.24) is 24.1 Å². The molecular formula is C26H23N7O4. The number of hydrogen-bond acceptors (Lipinski definition) is 8. The number of ether oxygens (including phenoxy) is 1. The highest BCUT2D eigenvalue weighted by Gasteiger charge is 2.19. The van der Waals surface area contributed by atoms with Crippen LogP contribution in [0.15, 0.2) is 84.0 Å². The lowest BCUT2D eigenvalue weighted by atomic mass is 10.2. The smallest absolute Gasteiger partial charge is 0.341 e. The van der Waals surface area contributed by atoms with Crippen LogP contribution in [0.1, 0.15) is 15.9 Å². The van der Waals surface area contributed by atoms with Crippen molar-refractivity contribution < 1.29 is 14.6 Å². The van der Waals surface area contributed by atoms with Gasteiger partial charge < -0.3 is 20.1 Å². The van der Waals surface area contributed by atoms with Crippen LogP contribution in [0, 0.1) is 0 Å². The minimum Gasteiger partial charge on any atom is -0.497 e. The molecule has 11 nitrogen and oxygen atoms in total. The second kappa shape index (κ2) is 9.82. The molecule has 0 fully saturated rings. The molecule has 37 heavy (non-hydrogen) atoms. The first-order valence-corrected chi connectivity index (χ1v) is 11.3. The van der Waals surface area contributed by atoms with Gasteiger partial charge >= 0.3 is 5.97 Å². The van der Waals surface area contributed by atoms with Crippen LogP contribution in [0.5, 0.6) is 5.75 Å². The molecular weight excluding hydrogens is 474 g/mol. The zero-order chi connectivity index (χ0) is 25.9. The Morgan fingerprint density at radius 1 is 1.14 bits per heavy atom. The Hall–Kier alpha value is -5.19. The van der Waals surface area contributed by atoms with Crippen molar-refractivity contribution in [2.24, 2.45) is 0 Å². The summed E-state index contributed by atoms with van der Waals surface area (Å²) in [5.74, 6) is 0.949. The number of rotatable bonds is 8. The molecule has 2 N–H and O–H groups in total. The third-order valence-corrected chi connectivity index (χ3v) is 5.76. The minimum absolute atomic E-state index is 0.0540. The predicted molar refractivity (Wildman–Crippen MR) is 138 cm³/mol.